The van der Waals surface area contributed by atoms with Crippen LogP contribution in [0.25, 0.3) is 0 Å². The lowest BCUT2D eigenvalue weighted by Gasteiger charge is -2.12. The van der Waals surface area contributed by atoms with Crippen LogP contribution in [0.2, 0.25) is 0 Å². The Kier molecular flexibility index (Phi) is 6.08. The van der Waals surface area contributed by atoms with E-state index in [2.05, 4.69) is 56.3 Å². The average Bonchev–Trinajstić information content (AvgIpc) is 2.66. The molecule has 138 valence electrons. The first-order chi connectivity index (χ1) is 13.0. The summed E-state index contributed by atoms with van der Waals surface area (Å²) in [6, 6.07) is 22.5. The molecule has 0 fully saturated rings. The van der Waals surface area contributed by atoms with Gasteiger partial charge in [0.2, 0.25) is 0 Å². The maximum atomic E-state index is 12.0. The highest BCUT2D eigenvalue weighted by atomic mass is 16.5. The van der Waals surface area contributed by atoms with Gasteiger partial charge in [-0.25, -0.2) is 0 Å². The Balaban J connectivity index is 1.77. The summed E-state index contributed by atoms with van der Waals surface area (Å²) in [6.07, 6.45) is 1.83. The van der Waals surface area contributed by atoms with Gasteiger partial charge in [-0.2, -0.15) is 0 Å². The summed E-state index contributed by atoms with van der Waals surface area (Å²) in [7, 11) is 0. The minimum Gasteiger partial charge on any atom is -0.489 e. The molecule has 0 N–H and O–H groups in total. The molecule has 0 bridgehead atoms. The number of benzene rings is 3. The molecular weight excluding hydrogens is 332 g/mol. The lowest BCUT2D eigenvalue weighted by Crippen LogP contribution is -2.02. The third-order valence-electron chi connectivity index (χ3n) is 4.97. The molecular formula is C25H26O2. The van der Waals surface area contributed by atoms with Crippen molar-refractivity contribution in [1.29, 1.82) is 0 Å². The molecule has 0 saturated heterocycles. The molecule has 3 rings (SSSR count). The number of ketones is 1. The summed E-state index contributed by atoms with van der Waals surface area (Å²) < 4.78 is 6.03. The molecule has 2 nitrogen and oxygen atoms in total. The fraction of sp³-hybridized carbons (Fsp3) is 0.240. The van der Waals surface area contributed by atoms with Crippen molar-refractivity contribution in [3.63, 3.8) is 0 Å². The molecule has 0 spiro atoms. The Bertz CT molecular complexity index is 873. The summed E-state index contributed by atoms with van der Waals surface area (Å²) in [5.41, 5.74) is 6.85. The molecule has 0 aliphatic carbocycles. The third kappa shape index (κ3) is 5.07. The average molecular weight is 358 g/mol. The highest BCUT2D eigenvalue weighted by molar-refractivity contribution is 5.94. The summed E-state index contributed by atoms with van der Waals surface area (Å²) in [5.74, 6) is 0.819. The molecule has 0 aliphatic heterocycles. The van der Waals surface area contributed by atoms with Crippen LogP contribution in [-0.4, -0.2) is 5.78 Å². The van der Waals surface area contributed by atoms with Crippen LogP contribution in [0.4, 0.5) is 0 Å². The second kappa shape index (κ2) is 8.68. The molecule has 0 unspecified atom stereocenters. The van der Waals surface area contributed by atoms with Gasteiger partial charge in [0.25, 0.3) is 0 Å². The number of hydrogen-bond donors (Lipinski definition) is 0. The van der Waals surface area contributed by atoms with E-state index in [4.69, 9.17) is 4.74 Å². The van der Waals surface area contributed by atoms with E-state index in [9.17, 15) is 4.79 Å². The van der Waals surface area contributed by atoms with Gasteiger partial charge in [0, 0.05) is 5.56 Å². The van der Waals surface area contributed by atoms with Gasteiger partial charge in [-0.1, -0.05) is 48.5 Å². The van der Waals surface area contributed by atoms with Crippen LogP contribution < -0.4 is 4.74 Å². The number of aryl methyl sites for hydroxylation is 4. The van der Waals surface area contributed by atoms with Crippen molar-refractivity contribution in [2.45, 2.75) is 40.2 Å². The number of carbonyl (C=O) groups excluding carboxylic acids is 1. The molecule has 0 atom stereocenters. The van der Waals surface area contributed by atoms with Gasteiger partial charge in [-0.05, 0) is 79.6 Å². The lowest BCUT2D eigenvalue weighted by molar-refractivity contribution is 0.101. The van der Waals surface area contributed by atoms with Crippen LogP contribution in [0.1, 0.15) is 45.1 Å². The summed E-state index contributed by atoms with van der Waals surface area (Å²) in [6.45, 7) is 6.33. The first-order valence-electron chi connectivity index (χ1n) is 9.39. The summed E-state index contributed by atoms with van der Waals surface area (Å²) >= 11 is 0. The zero-order chi connectivity index (χ0) is 19.2. The largest absolute Gasteiger partial charge is 0.489 e. The minimum atomic E-state index is 0.0634. The zero-order valence-corrected chi connectivity index (χ0v) is 16.3. The van der Waals surface area contributed by atoms with Gasteiger partial charge in [0.05, 0.1) is 0 Å². The van der Waals surface area contributed by atoms with E-state index < -0.39 is 0 Å². The van der Waals surface area contributed by atoms with Crippen LogP contribution in [0.15, 0.2) is 66.7 Å². The van der Waals surface area contributed by atoms with E-state index >= 15 is 0 Å². The number of hydrogen-bond acceptors (Lipinski definition) is 2. The molecule has 0 radical (unpaired) electrons. The minimum absolute atomic E-state index is 0.0634. The Morgan fingerprint density at radius 2 is 1.44 bits per heavy atom. The molecule has 0 saturated carbocycles. The highest BCUT2D eigenvalue weighted by Gasteiger charge is 2.08. The van der Waals surface area contributed by atoms with Gasteiger partial charge in [0.15, 0.2) is 5.78 Å². The van der Waals surface area contributed by atoms with Crippen LogP contribution in [-0.2, 0) is 19.4 Å². The summed E-state index contributed by atoms with van der Waals surface area (Å²) in [5, 5.41) is 0. The van der Waals surface area contributed by atoms with E-state index in [-0.39, 0.29) is 5.78 Å². The number of rotatable bonds is 7. The van der Waals surface area contributed by atoms with Crippen molar-refractivity contribution in [3.8, 4) is 5.75 Å². The topological polar surface area (TPSA) is 26.3 Å². The van der Waals surface area contributed by atoms with Crippen molar-refractivity contribution in [2.75, 3.05) is 0 Å². The molecule has 3 aromatic rings. The quantitative estimate of drug-likeness (QED) is 0.494. The van der Waals surface area contributed by atoms with E-state index in [1.807, 2.05) is 24.3 Å². The third-order valence-corrected chi connectivity index (χ3v) is 4.97. The maximum absolute atomic E-state index is 12.0. The van der Waals surface area contributed by atoms with E-state index in [1.165, 1.54) is 16.7 Å². The molecule has 0 aromatic heterocycles. The van der Waals surface area contributed by atoms with Crippen molar-refractivity contribution >= 4 is 5.78 Å². The van der Waals surface area contributed by atoms with Gasteiger partial charge in [-0.15, -0.1) is 0 Å². The zero-order valence-electron chi connectivity index (χ0n) is 16.3. The van der Waals surface area contributed by atoms with Gasteiger partial charge in [0.1, 0.15) is 12.4 Å². The van der Waals surface area contributed by atoms with E-state index in [1.54, 1.807) is 6.92 Å². The lowest BCUT2D eigenvalue weighted by atomic mass is 9.98. The molecule has 27 heavy (non-hydrogen) atoms. The van der Waals surface area contributed by atoms with Gasteiger partial charge >= 0.3 is 0 Å². The monoisotopic (exact) mass is 358 g/mol. The fourth-order valence-electron chi connectivity index (χ4n) is 3.19. The highest BCUT2D eigenvalue weighted by Crippen LogP contribution is 2.22. The second-order valence-electron chi connectivity index (χ2n) is 7.06. The normalized spacial score (nSPS) is 10.6. The van der Waals surface area contributed by atoms with Crippen molar-refractivity contribution in [1.82, 2.24) is 0 Å². The molecule has 0 aliphatic rings. The number of ether oxygens (including phenoxy) is 1. The Morgan fingerprint density at radius 3 is 2.07 bits per heavy atom. The standard InChI is InChI=1S/C25H26O2/c1-18-8-4-6-10-22(18)13-12-21-14-24(20(3)26)16-25(15-21)27-17-23-11-7-5-9-19(23)2/h4-11,14-16H,12-13,17H2,1-3H3. The summed E-state index contributed by atoms with van der Waals surface area (Å²) in [4.78, 5) is 12.0. The smallest absolute Gasteiger partial charge is 0.159 e. The first kappa shape index (κ1) is 18.9. The van der Waals surface area contributed by atoms with Crippen LogP contribution in [0.3, 0.4) is 0 Å². The second-order valence-corrected chi connectivity index (χ2v) is 7.06. The SMILES string of the molecule is CC(=O)c1cc(CCc2ccccc2C)cc(OCc2ccccc2C)c1. The van der Waals surface area contributed by atoms with Crippen LogP contribution in [0, 0.1) is 13.8 Å². The number of carbonyl (C=O) groups is 1. The van der Waals surface area contributed by atoms with Crippen molar-refractivity contribution < 1.29 is 9.53 Å². The maximum Gasteiger partial charge on any atom is 0.159 e. The van der Waals surface area contributed by atoms with E-state index in [0.29, 0.717) is 12.2 Å². The molecule has 2 heteroatoms. The van der Waals surface area contributed by atoms with Crippen LogP contribution >= 0.6 is 0 Å². The first-order valence-corrected chi connectivity index (χ1v) is 9.39. The van der Waals surface area contributed by atoms with Crippen molar-refractivity contribution in [2.24, 2.45) is 0 Å². The van der Waals surface area contributed by atoms with Gasteiger partial charge < -0.3 is 4.74 Å². The predicted octanol–water partition coefficient (Wildman–Crippen LogP) is 5.87. The molecule has 3 aromatic carbocycles. The Labute approximate surface area is 161 Å². The van der Waals surface area contributed by atoms with E-state index in [0.717, 1.165) is 29.7 Å². The van der Waals surface area contributed by atoms with Crippen molar-refractivity contribution in [3.05, 3.63) is 100 Å². The fourth-order valence-corrected chi connectivity index (χ4v) is 3.19. The Hall–Kier alpha value is -2.87. The predicted molar refractivity (Wildman–Crippen MR) is 111 cm³/mol. The Morgan fingerprint density at radius 1 is 0.815 bits per heavy atom. The van der Waals surface area contributed by atoms with Gasteiger partial charge in [-0.3, -0.25) is 4.79 Å². The van der Waals surface area contributed by atoms with Crippen LogP contribution in [0.5, 0.6) is 5.75 Å². The molecule has 0 amide bonds. The number of Topliss-reactive ketones (excluding diaryl/α,β-unsaturated/α-hetero) is 1. The molecule has 0 heterocycles.